The van der Waals surface area contributed by atoms with Crippen LogP contribution in [0.3, 0.4) is 0 Å². The highest BCUT2D eigenvalue weighted by Crippen LogP contribution is 2.21. The largest absolute Gasteiger partial charge is 0.354 e. The molecule has 0 saturated carbocycles. The van der Waals surface area contributed by atoms with Crippen LogP contribution < -0.4 is 0 Å². The number of nitrogens with zero attached hydrogens (tertiary/aromatic N) is 1. The molecule has 0 atom stereocenters. The van der Waals surface area contributed by atoms with Gasteiger partial charge < -0.3 is 4.18 Å². The van der Waals surface area contributed by atoms with Crippen LogP contribution in [0.1, 0.15) is 15.9 Å². The smallest absolute Gasteiger partial charge is 0.341 e. The Morgan fingerprint density at radius 1 is 0.962 bits per heavy atom. The lowest BCUT2D eigenvalue weighted by Crippen LogP contribution is -2.15. The molecular formula is C18H13NO6S. The number of benzene rings is 3. The number of hydrogen-bond donors (Lipinski definition) is 0. The van der Waals surface area contributed by atoms with Gasteiger partial charge in [0.05, 0.1) is 10.5 Å². The van der Waals surface area contributed by atoms with Crippen LogP contribution in [0.2, 0.25) is 0 Å². The average molecular weight is 371 g/mol. The van der Waals surface area contributed by atoms with Crippen molar-refractivity contribution in [1.29, 1.82) is 0 Å². The minimum Gasteiger partial charge on any atom is -0.341 e. The summed E-state index contributed by atoms with van der Waals surface area (Å²) in [5.74, 6) is -1.54. The summed E-state index contributed by atoms with van der Waals surface area (Å²) in [6, 6.07) is 17.0. The molecule has 0 saturated heterocycles. The van der Waals surface area contributed by atoms with E-state index < -0.39 is 26.8 Å². The third-order valence-electron chi connectivity index (χ3n) is 3.70. The number of hydrogen-bond acceptors (Lipinski definition) is 6. The summed E-state index contributed by atoms with van der Waals surface area (Å²) in [5.41, 5.74) is 0.274. The first-order chi connectivity index (χ1) is 12.4. The predicted molar refractivity (Wildman–Crippen MR) is 95.1 cm³/mol. The molecule has 0 spiro atoms. The molecule has 7 nitrogen and oxygen atoms in total. The highest BCUT2D eigenvalue weighted by molar-refractivity contribution is 7.86. The van der Waals surface area contributed by atoms with Gasteiger partial charge in [-0.15, -0.1) is 0 Å². The van der Waals surface area contributed by atoms with Gasteiger partial charge in [0.15, 0.2) is 0 Å². The molecule has 132 valence electrons. The first-order valence-electron chi connectivity index (χ1n) is 7.53. The van der Waals surface area contributed by atoms with Crippen LogP contribution in [0, 0.1) is 10.1 Å². The molecule has 0 bridgehead atoms. The van der Waals surface area contributed by atoms with E-state index in [4.69, 9.17) is 4.18 Å². The Labute approximate surface area is 149 Å². The third-order valence-corrected chi connectivity index (χ3v) is 4.80. The van der Waals surface area contributed by atoms with E-state index in [9.17, 15) is 23.3 Å². The fourth-order valence-corrected chi connectivity index (χ4v) is 3.49. The summed E-state index contributed by atoms with van der Waals surface area (Å²) in [7, 11) is -4.20. The predicted octanol–water partition coefficient (Wildman–Crippen LogP) is 3.43. The zero-order valence-electron chi connectivity index (χ0n) is 13.4. The van der Waals surface area contributed by atoms with E-state index in [0.29, 0.717) is 5.39 Å². The minimum absolute atomic E-state index is 0.148. The molecule has 0 aliphatic heterocycles. The molecule has 3 aromatic rings. The molecule has 0 radical (unpaired) electrons. The van der Waals surface area contributed by atoms with Gasteiger partial charge in [-0.3, -0.25) is 10.1 Å². The molecule has 0 fully saturated rings. The molecule has 0 unspecified atom stereocenters. The number of non-ortho nitro benzene ring substituents is 1. The Morgan fingerprint density at radius 3 is 2.31 bits per heavy atom. The van der Waals surface area contributed by atoms with Crippen molar-refractivity contribution in [3.05, 3.63) is 88.0 Å². The number of carbonyl (C=O) groups excluding carboxylic acids is 1. The molecule has 3 aromatic carbocycles. The van der Waals surface area contributed by atoms with Crippen molar-refractivity contribution in [3.63, 3.8) is 0 Å². The number of fused-ring (bicyclic) bond motifs is 1. The number of rotatable bonds is 5. The van der Waals surface area contributed by atoms with E-state index in [-0.39, 0.29) is 16.8 Å². The monoisotopic (exact) mass is 371 g/mol. The van der Waals surface area contributed by atoms with Gasteiger partial charge >= 0.3 is 16.1 Å². The molecule has 0 aliphatic rings. The van der Waals surface area contributed by atoms with Gasteiger partial charge in [-0.25, -0.2) is 4.79 Å². The highest BCUT2D eigenvalue weighted by Gasteiger charge is 2.21. The Kier molecular flexibility index (Phi) is 4.68. The van der Waals surface area contributed by atoms with Gasteiger partial charge in [0.2, 0.25) is 0 Å². The summed E-state index contributed by atoms with van der Waals surface area (Å²) in [4.78, 5) is 22.4. The fraction of sp³-hybridized carbons (Fsp3) is 0.0556. The summed E-state index contributed by atoms with van der Waals surface area (Å²) in [6.45, 7) is 0. The lowest BCUT2D eigenvalue weighted by Gasteiger charge is -2.08. The quantitative estimate of drug-likeness (QED) is 0.387. The maximum atomic E-state index is 12.3. The standard InChI is InChI=1S/C18H13NO6S/c20-18(17-7-3-5-14-4-1-2-6-16(14)17)25-26(23,24)12-13-8-10-15(11-9-13)19(21)22/h1-11H,12H2. The van der Waals surface area contributed by atoms with Gasteiger partial charge in [0, 0.05) is 12.1 Å². The molecule has 0 heterocycles. The van der Waals surface area contributed by atoms with Gasteiger partial charge in [-0.05, 0) is 22.4 Å². The second-order valence-corrected chi connectivity index (χ2v) is 7.09. The molecule has 0 amide bonds. The topological polar surface area (TPSA) is 104 Å². The van der Waals surface area contributed by atoms with Crippen LogP contribution >= 0.6 is 0 Å². The van der Waals surface area contributed by atoms with Crippen LogP contribution in [0.4, 0.5) is 5.69 Å². The SMILES string of the molecule is O=C(OS(=O)(=O)Cc1ccc([N+](=O)[O-])cc1)c1cccc2ccccc12. The summed E-state index contributed by atoms with van der Waals surface area (Å²) in [6.07, 6.45) is 0. The summed E-state index contributed by atoms with van der Waals surface area (Å²) in [5, 5.41) is 12.0. The molecule has 0 aromatic heterocycles. The van der Waals surface area contributed by atoms with Gasteiger partial charge in [-0.1, -0.05) is 48.5 Å². The molecule has 0 aliphatic carbocycles. The van der Waals surface area contributed by atoms with Crippen molar-refractivity contribution in [2.45, 2.75) is 5.75 Å². The van der Waals surface area contributed by atoms with Gasteiger partial charge in [-0.2, -0.15) is 8.42 Å². The maximum absolute atomic E-state index is 12.3. The van der Waals surface area contributed by atoms with Crippen LogP contribution in [-0.4, -0.2) is 19.3 Å². The Bertz CT molecular complexity index is 1080. The van der Waals surface area contributed by atoms with E-state index >= 15 is 0 Å². The van der Waals surface area contributed by atoms with E-state index in [1.54, 1.807) is 30.3 Å². The lowest BCUT2D eigenvalue weighted by atomic mass is 10.1. The normalized spacial score (nSPS) is 11.2. The minimum atomic E-state index is -4.20. The molecule has 3 rings (SSSR count). The average Bonchev–Trinajstić information content (AvgIpc) is 2.60. The Balaban J connectivity index is 1.80. The fourth-order valence-electron chi connectivity index (χ4n) is 2.51. The second kappa shape index (κ2) is 6.93. The van der Waals surface area contributed by atoms with Crippen molar-refractivity contribution in [2.75, 3.05) is 0 Å². The summed E-state index contributed by atoms with van der Waals surface area (Å²) < 4.78 is 29.0. The van der Waals surface area contributed by atoms with Crippen molar-refractivity contribution < 1.29 is 22.3 Å². The number of nitro groups is 1. The number of nitro benzene ring substituents is 1. The van der Waals surface area contributed by atoms with Gasteiger partial charge in [0.25, 0.3) is 5.69 Å². The van der Waals surface area contributed by atoms with Crippen molar-refractivity contribution >= 4 is 32.5 Å². The molecular weight excluding hydrogens is 358 g/mol. The van der Waals surface area contributed by atoms with E-state index in [1.165, 1.54) is 30.3 Å². The third kappa shape index (κ3) is 3.86. The highest BCUT2D eigenvalue weighted by atomic mass is 32.2. The molecule has 0 N–H and O–H groups in total. The zero-order chi connectivity index (χ0) is 18.7. The molecule has 8 heteroatoms. The second-order valence-electron chi connectivity index (χ2n) is 5.52. The lowest BCUT2D eigenvalue weighted by molar-refractivity contribution is -0.384. The van der Waals surface area contributed by atoms with E-state index in [1.807, 2.05) is 6.07 Å². The van der Waals surface area contributed by atoms with Crippen molar-refractivity contribution in [1.82, 2.24) is 0 Å². The van der Waals surface area contributed by atoms with E-state index in [2.05, 4.69) is 0 Å². The Morgan fingerprint density at radius 2 is 1.62 bits per heavy atom. The van der Waals surface area contributed by atoms with Crippen LogP contribution in [0.5, 0.6) is 0 Å². The zero-order valence-corrected chi connectivity index (χ0v) is 14.2. The first-order valence-corrected chi connectivity index (χ1v) is 9.11. The van der Waals surface area contributed by atoms with Gasteiger partial charge in [0.1, 0.15) is 5.75 Å². The summed E-state index contributed by atoms with van der Waals surface area (Å²) >= 11 is 0. The van der Waals surface area contributed by atoms with Crippen LogP contribution in [0.25, 0.3) is 10.8 Å². The Hall–Kier alpha value is -3.26. The van der Waals surface area contributed by atoms with E-state index in [0.717, 1.165) is 5.39 Å². The molecule has 26 heavy (non-hydrogen) atoms. The first kappa shape index (κ1) is 17.6. The van der Waals surface area contributed by atoms with Crippen LogP contribution in [0.15, 0.2) is 66.7 Å². The maximum Gasteiger partial charge on any atom is 0.354 e. The van der Waals surface area contributed by atoms with Crippen molar-refractivity contribution in [2.24, 2.45) is 0 Å². The number of carbonyl (C=O) groups is 1. The van der Waals surface area contributed by atoms with Crippen molar-refractivity contribution in [3.8, 4) is 0 Å². The van der Waals surface area contributed by atoms with Crippen LogP contribution in [-0.2, 0) is 20.1 Å².